The summed E-state index contributed by atoms with van der Waals surface area (Å²) in [5.74, 6) is 0.110. The van der Waals surface area contributed by atoms with E-state index in [1.165, 1.54) is 0 Å². The van der Waals surface area contributed by atoms with Gasteiger partial charge in [-0.3, -0.25) is 4.79 Å². The molecule has 1 aromatic carbocycles. The number of carbonyl (C=O) groups is 1. The summed E-state index contributed by atoms with van der Waals surface area (Å²) in [7, 11) is 0. The first-order valence-corrected chi connectivity index (χ1v) is 9.09. The molecule has 1 unspecified atom stereocenters. The van der Waals surface area contributed by atoms with Crippen molar-refractivity contribution in [1.29, 1.82) is 0 Å². The molecule has 0 bridgehead atoms. The van der Waals surface area contributed by atoms with Crippen LogP contribution in [-0.4, -0.2) is 35.0 Å². The zero-order valence-electron chi connectivity index (χ0n) is 14.5. The Balaban J connectivity index is 1.95. The van der Waals surface area contributed by atoms with Gasteiger partial charge in [-0.1, -0.05) is 19.1 Å². The van der Waals surface area contributed by atoms with Gasteiger partial charge in [-0.25, -0.2) is 0 Å². The lowest BCUT2D eigenvalue weighted by Crippen LogP contribution is -2.34. The maximum absolute atomic E-state index is 13.0. The van der Waals surface area contributed by atoms with Crippen LogP contribution in [0.4, 0.5) is 0 Å². The van der Waals surface area contributed by atoms with Crippen molar-refractivity contribution in [3.8, 4) is 5.69 Å². The molecule has 1 aliphatic rings. The SMILES string of the molecule is Cc1cc(C(=O)N2CCC(C)(CN)C2)c(C)n1-c1ccccc1Br. The molecule has 128 valence electrons. The van der Waals surface area contributed by atoms with Crippen molar-refractivity contribution in [2.75, 3.05) is 19.6 Å². The Morgan fingerprint density at radius 3 is 2.67 bits per heavy atom. The van der Waals surface area contributed by atoms with E-state index in [1.807, 2.05) is 43.0 Å². The smallest absolute Gasteiger partial charge is 0.255 e. The average Bonchev–Trinajstić information content (AvgIpc) is 3.09. The van der Waals surface area contributed by atoms with Crippen molar-refractivity contribution in [3.63, 3.8) is 0 Å². The molecular formula is C19H24BrN3O. The standard InChI is InChI=1S/C19H24BrN3O/c1-13-10-15(18(24)22-9-8-19(3,11-21)12-22)14(2)23(13)17-7-5-4-6-16(17)20/h4-7,10H,8-9,11-12,21H2,1-3H3. The first-order valence-electron chi connectivity index (χ1n) is 8.29. The normalized spacial score (nSPS) is 20.6. The predicted molar refractivity (Wildman–Crippen MR) is 101 cm³/mol. The van der Waals surface area contributed by atoms with E-state index < -0.39 is 0 Å². The van der Waals surface area contributed by atoms with Crippen LogP contribution in [-0.2, 0) is 0 Å². The van der Waals surface area contributed by atoms with Gasteiger partial charge in [-0.15, -0.1) is 0 Å². The van der Waals surface area contributed by atoms with E-state index >= 15 is 0 Å². The van der Waals surface area contributed by atoms with Crippen LogP contribution in [0.3, 0.4) is 0 Å². The number of benzene rings is 1. The second-order valence-electron chi connectivity index (χ2n) is 7.06. The topological polar surface area (TPSA) is 51.3 Å². The highest BCUT2D eigenvalue weighted by molar-refractivity contribution is 9.10. The highest BCUT2D eigenvalue weighted by atomic mass is 79.9. The number of nitrogens with two attached hydrogens (primary N) is 1. The van der Waals surface area contributed by atoms with Crippen molar-refractivity contribution < 1.29 is 4.79 Å². The summed E-state index contributed by atoms with van der Waals surface area (Å²) >= 11 is 3.61. The molecule has 2 N–H and O–H groups in total. The highest BCUT2D eigenvalue weighted by Gasteiger charge is 2.36. The van der Waals surface area contributed by atoms with Crippen molar-refractivity contribution >= 4 is 21.8 Å². The van der Waals surface area contributed by atoms with Gasteiger partial charge in [-0.2, -0.15) is 0 Å². The summed E-state index contributed by atoms with van der Waals surface area (Å²) < 4.78 is 3.15. The molecule has 1 amide bonds. The third kappa shape index (κ3) is 2.91. The lowest BCUT2D eigenvalue weighted by Gasteiger charge is -2.22. The van der Waals surface area contributed by atoms with Gasteiger partial charge in [0.15, 0.2) is 0 Å². The molecule has 2 heterocycles. The Bertz CT molecular complexity index is 783. The molecule has 2 aromatic rings. The second kappa shape index (κ2) is 6.37. The van der Waals surface area contributed by atoms with Gasteiger partial charge in [0.25, 0.3) is 5.91 Å². The van der Waals surface area contributed by atoms with E-state index in [4.69, 9.17) is 5.73 Å². The molecule has 24 heavy (non-hydrogen) atoms. The minimum Gasteiger partial charge on any atom is -0.338 e. The summed E-state index contributed by atoms with van der Waals surface area (Å²) in [6.07, 6.45) is 0.970. The first-order chi connectivity index (χ1) is 11.4. The zero-order valence-corrected chi connectivity index (χ0v) is 16.1. The van der Waals surface area contributed by atoms with Gasteiger partial charge in [0.05, 0.1) is 11.3 Å². The van der Waals surface area contributed by atoms with E-state index in [-0.39, 0.29) is 11.3 Å². The number of nitrogens with zero attached hydrogens (tertiary/aromatic N) is 2. The lowest BCUT2D eigenvalue weighted by molar-refractivity contribution is 0.0776. The van der Waals surface area contributed by atoms with Gasteiger partial charge < -0.3 is 15.2 Å². The van der Waals surface area contributed by atoms with E-state index in [1.54, 1.807) is 0 Å². The van der Waals surface area contributed by atoms with Crippen LogP contribution in [0.5, 0.6) is 0 Å². The molecule has 0 aliphatic carbocycles. The molecule has 0 radical (unpaired) electrons. The number of aryl methyl sites for hydroxylation is 1. The van der Waals surface area contributed by atoms with E-state index in [2.05, 4.69) is 33.5 Å². The van der Waals surface area contributed by atoms with Crippen LogP contribution in [0.1, 0.15) is 35.1 Å². The number of aromatic nitrogens is 1. The highest BCUT2D eigenvalue weighted by Crippen LogP contribution is 2.32. The van der Waals surface area contributed by atoms with E-state index in [0.29, 0.717) is 6.54 Å². The molecule has 0 saturated carbocycles. The molecular weight excluding hydrogens is 366 g/mol. The number of hydrogen-bond donors (Lipinski definition) is 1. The van der Waals surface area contributed by atoms with Crippen molar-refractivity contribution in [2.45, 2.75) is 27.2 Å². The van der Waals surface area contributed by atoms with Gasteiger partial charge in [-0.05, 0) is 66.4 Å². The third-order valence-corrected chi connectivity index (χ3v) is 5.76. The summed E-state index contributed by atoms with van der Waals surface area (Å²) in [6, 6.07) is 10.1. The molecule has 1 saturated heterocycles. The van der Waals surface area contributed by atoms with Gasteiger partial charge >= 0.3 is 0 Å². The zero-order chi connectivity index (χ0) is 17.5. The Hall–Kier alpha value is -1.59. The van der Waals surface area contributed by atoms with Crippen LogP contribution in [0, 0.1) is 19.3 Å². The monoisotopic (exact) mass is 389 g/mol. The largest absolute Gasteiger partial charge is 0.338 e. The second-order valence-corrected chi connectivity index (χ2v) is 7.92. The Morgan fingerprint density at radius 1 is 1.33 bits per heavy atom. The fourth-order valence-electron chi connectivity index (χ4n) is 3.52. The number of likely N-dealkylation sites (tertiary alicyclic amines) is 1. The molecule has 1 fully saturated rings. The van der Waals surface area contributed by atoms with Crippen LogP contribution in [0.25, 0.3) is 5.69 Å². The fourth-order valence-corrected chi connectivity index (χ4v) is 3.98. The first kappa shape index (κ1) is 17.2. The number of carbonyl (C=O) groups excluding carboxylic acids is 1. The maximum Gasteiger partial charge on any atom is 0.255 e. The van der Waals surface area contributed by atoms with E-state index in [9.17, 15) is 4.79 Å². The fraction of sp³-hybridized carbons (Fsp3) is 0.421. The summed E-state index contributed by atoms with van der Waals surface area (Å²) in [5.41, 5.74) is 9.79. The van der Waals surface area contributed by atoms with Crippen molar-refractivity contribution in [2.24, 2.45) is 11.1 Å². The number of rotatable bonds is 3. The number of halogens is 1. The molecule has 0 spiro atoms. The molecule has 1 aromatic heterocycles. The molecule has 3 rings (SSSR count). The predicted octanol–water partition coefficient (Wildman–Crippen LogP) is 3.67. The van der Waals surface area contributed by atoms with Crippen molar-refractivity contribution in [3.05, 3.63) is 51.8 Å². The maximum atomic E-state index is 13.0. The number of hydrogen-bond acceptors (Lipinski definition) is 2. The van der Waals surface area contributed by atoms with Gasteiger partial charge in [0, 0.05) is 29.0 Å². The van der Waals surface area contributed by atoms with E-state index in [0.717, 1.165) is 46.6 Å². The van der Waals surface area contributed by atoms with Crippen LogP contribution in [0.2, 0.25) is 0 Å². The third-order valence-electron chi connectivity index (χ3n) is 5.09. The Morgan fingerprint density at radius 2 is 2.04 bits per heavy atom. The molecule has 1 atom stereocenters. The van der Waals surface area contributed by atoms with Crippen LogP contribution >= 0.6 is 15.9 Å². The summed E-state index contributed by atoms with van der Waals surface area (Å²) in [6.45, 7) is 8.35. The Kier molecular flexibility index (Phi) is 4.58. The lowest BCUT2D eigenvalue weighted by atomic mass is 9.90. The Labute approximate surface area is 151 Å². The van der Waals surface area contributed by atoms with Crippen LogP contribution in [0.15, 0.2) is 34.8 Å². The molecule has 5 heteroatoms. The quantitative estimate of drug-likeness (QED) is 0.870. The molecule has 1 aliphatic heterocycles. The van der Waals surface area contributed by atoms with Crippen LogP contribution < -0.4 is 5.73 Å². The van der Waals surface area contributed by atoms with Crippen molar-refractivity contribution in [1.82, 2.24) is 9.47 Å². The molecule has 4 nitrogen and oxygen atoms in total. The van der Waals surface area contributed by atoms with Gasteiger partial charge in [0.2, 0.25) is 0 Å². The minimum absolute atomic E-state index is 0.0453. The number of para-hydroxylation sites is 1. The van der Waals surface area contributed by atoms with Gasteiger partial charge in [0.1, 0.15) is 0 Å². The minimum atomic E-state index is 0.0453. The summed E-state index contributed by atoms with van der Waals surface area (Å²) in [4.78, 5) is 15.0. The number of amides is 1. The summed E-state index contributed by atoms with van der Waals surface area (Å²) in [5, 5.41) is 0. The average molecular weight is 390 g/mol.